The van der Waals surface area contributed by atoms with Crippen molar-refractivity contribution in [3.05, 3.63) is 206 Å². The van der Waals surface area contributed by atoms with E-state index in [9.17, 15) is 0 Å². The van der Waals surface area contributed by atoms with Crippen molar-refractivity contribution in [2.45, 2.75) is 0 Å². The van der Waals surface area contributed by atoms with Crippen LogP contribution in [-0.2, 0) is 0 Å². The van der Waals surface area contributed by atoms with Gasteiger partial charge in [0.15, 0.2) is 5.82 Å². The number of hydrogen-bond acceptors (Lipinski definition) is 2. The molecule has 0 atom stereocenters. The maximum Gasteiger partial charge on any atom is 0.162 e. The summed E-state index contributed by atoms with van der Waals surface area (Å²) < 4.78 is 4.70. The number of aromatic nitrogens is 4. The highest BCUT2D eigenvalue weighted by Gasteiger charge is 2.20. The summed E-state index contributed by atoms with van der Waals surface area (Å²) in [6, 6.07) is 73.2. The average Bonchev–Trinajstić information content (AvgIpc) is 3.78. The second-order valence-corrected chi connectivity index (χ2v) is 14.3. The van der Waals surface area contributed by atoms with Crippen molar-refractivity contribution in [1.82, 2.24) is 19.1 Å². The van der Waals surface area contributed by atoms with Crippen molar-refractivity contribution in [3.8, 4) is 56.4 Å². The molecule has 4 nitrogen and oxygen atoms in total. The van der Waals surface area contributed by atoms with E-state index in [0.29, 0.717) is 5.82 Å². The number of nitrogens with zero attached hydrogens (tertiary/aromatic N) is 4. The Bertz CT molecular complexity index is 3220. The second kappa shape index (κ2) is 13.1. The van der Waals surface area contributed by atoms with Crippen LogP contribution in [0.1, 0.15) is 0 Å². The predicted molar refractivity (Wildman–Crippen MR) is 232 cm³/mol. The topological polar surface area (TPSA) is 35.6 Å². The summed E-state index contributed by atoms with van der Waals surface area (Å²) in [6.45, 7) is 0. The zero-order chi connectivity index (χ0) is 37.0. The highest BCUT2D eigenvalue weighted by atomic mass is 15.1. The largest absolute Gasteiger partial charge is 0.309 e. The van der Waals surface area contributed by atoms with E-state index in [4.69, 9.17) is 9.97 Å². The summed E-state index contributed by atoms with van der Waals surface area (Å²) in [5.74, 6) is 1.50. The first kappa shape index (κ1) is 31.9. The monoisotopic (exact) mass is 714 g/mol. The van der Waals surface area contributed by atoms with Crippen LogP contribution in [0.4, 0.5) is 0 Å². The van der Waals surface area contributed by atoms with E-state index in [0.717, 1.165) is 44.9 Å². The Morgan fingerprint density at radius 1 is 0.286 bits per heavy atom. The summed E-state index contributed by atoms with van der Waals surface area (Å²) in [7, 11) is 0. The molecule has 3 aromatic heterocycles. The van der Waals surface area contributed by atoms with E-state index in [2.05, 4.69) is 209 Å². The van der Waals surface area contributed by atoms with Gasteiger partial charge in [0.1, 0.15) is 5.82 Å². The van der Waals surface area contributed by atoms with Gasteiger partial charge in [-0.05, 0) is 64.7 Å². The Labute approximate surface area is 324 Å². The molecule has 8 aromatic carbocycles. The van der Waals surface area contributed by atoms with Crippen LogP contribution in [0.5, 0.6) is 0 Å². The van der Waals surface area contributed by atoms with E-state index < -0.39 is 0 Å². The molecule has 0 radical (unpaired) electrons. The van der Waals surface area contributed by atoms with Gasteiger partial charge in [-0.25, -0.2) is 9.97 Å². The molecular formula is C52H34N4. The lowest BCUT2D eigenvalue weighted by Crippen LogP contribution is -2.02. The minimum atomic E-state index is 0.679. The lowest BCUT2D eigenvalue weighted by atomic mass is 9.98. The molecule has 0 unspecified atom stereocenters. The maximum absolute atomic E-state index is 5.37. The second-order valence-electron chi connectivity index (χ2n) is 14.3. The highest BCUT2D eigenvalue weighted by Crippen LogP contribution is 2.40. The highest BCUT2D eigenvalue weighted by molar-refractivity contribution is 6.19. The molecule has 3 heterocycles. The van der Waals surface area contributed by atoms with Crippen LogP contribution in [-0.4, -0.2) is 19.1 Å². The molecule has 11 aromatic rings. The first-order chi connectivity index (χ1) is 27.8. The quantitative estimate of drug-likeness (QED) is 0.172. The first-order valence-electron chi connectivity index (χ1n) is 19.0. The summed E-state index contributed by atoms with van der Waals surface area (Å²) in [6.07, 6.45) is 0. The fourth-order valence-electron chi connectivity index (χ4n) is 8.29. The van der Waals surface area contributed by atoms with Gasteiger partial charge in [0.2, 0.25) is 0 Å². The third kappa shape index (κ3) is 5.31. The molecule has 0 saturated carbocycles. The minimum absolute atomic E-state index is 0.679. The Morgan fingerprint density at radius 2 is 0.768 bits per heavy atom. The van der Waals surface area contributed by atoms with Crippen LogP contribution in [0.25, 0.3) is 100 Å². The lowest BCUT2D eigenvalue weighted by Gasteiger charge is -2.13. The van der Waals surface area contributed by atoms with Gasteiger partial charge >= 0.3 is 0 Å². The number of para-hydroxylation sites is 3. The van der Waals surface area contributed by atoms with Gasteiger partial charge < -0.3 is 4.57 Å². The molecule has 0 aliphatic heterocycles. The van der Waals surface area contributed by atoms with E-state index in [1.807, 2.05) is 6.07 Å². The van der Waals surface area contributed by atoms with Crippen LogP contribution in [0.15, 0.2) is 206 Å². The van der Waals surface area contributed by atoms with Gasteiger partial charge in [-0.3, -0.25) is 4.57 Å². The van der Waals surface area contributed by atoms with Gasteiger partial charge in [-0.15, -0.1) is 0 Å². The van der Waals surface area contributed by atoms with Gasteiger partial charge in [0, 0.05) is 44.4 Å². The predicted octanol–water partition coefficient (Wildman–Crippen LogP) is 13.3. The SMILES string of the molecule is c1ccc(-c2cccc(-c3ccc(-c4nc(-c5ccccc5)cc(-n5c6ccccc6c6cc7c(cc65)c5ccccc5n7-c5ccccc5)n4)cc3)c2)cc1. The summed E-state index contributed by atoms with van der Waals surface area (Å²) >= 11 is 0. The minimum Gasteiger partial charge on any atom is -0.309 e. The lowest BCUT2D eigenvalue weighted by molar-refractivity contribution is 1.05. The van der Waals surface area contributed by atoms with Crippen LogP contribution in [0, 0.1) is 0 Å². The van der Waals surface area contributed by atoms with Gasteiger partial charge in [0.25, 0.3) is 0 Å². The van der Waals surface area contributed by atoms with E-state index in [-0.39, 0.29) is 0 Å². The standard InChI is InChI=1S/C52H34N4/c1-4-15-35(16-5-1)39-19-14-20-40(31-39)36-27-29-38(30-28-36)52-53-46(37-17-6-2-7-18-37)34-51(54-52)56-48-26-13-11-24-43(48)45-32-49-44(33-50(45)56)42-23-10-12-25-47(42)55(49)41-21-8-3-9-22-41/h1-34H. The van der Waals surface area contributed by atoms with E-state index >= 15 is 0 Å². The van der Waals surface area contributed by atoms with Crippen molar-refractivity contribution in [2.75, 3.05) is 0 Å². The molecule has 0 fully saturated rings. The molecule has 0 spiro atoms. The Morgan fingerprint density at radius 3 is 1.41 bits per heavy atom. The Kier molecular flexibility index (Phi) is 7.46. The van der Waals surface area contributed by atoms with Gasteiger partial charge in [-0.1, -0.05) is 158 Å². The van der Waals surface area contributed by atoms with Gasteiger partial charge in [-0.2, -0.15) is 0 Å². The van der Waals surface area contributed by atoms with Crippen molar-refractivity contribution in [3.63, 3.8) is 0 Å². The molecule has 56 heavy (non-hydrogen) atoms. The third-order valence-electron chi connectivity index (χ3n) is 10.9. The van der Waals surface area contributed by atoms with Crippen LogP contribution < -0.4 is 0 Å². The fraction of sp³-hybridized carbons (Fsp3) is 0. The molecule has 262 valence electrons. The molecular weight excluding hydrogens is 681 g/mol. The zero-order valence-corrected chi connectivity index (χ0v) is 30.4. The molecule has 4 heteroatoms. The zero-order valence-electron chi connectivity index (χ0n) is 30.4. The Balaban J connectivity index is 1.11. The van der Waals surface area contributed by atoms with Crippen LogP contribution in [0.2, 0.25) is 0 Å². The van der Waals surface area contributed by atoms with E-state index in [1.165, 1.54) is 49.3 Å². The number of fused-ring (bicyclic) bond motifs is 6. The molecule has 0 amide bonds. The fourth-order valence-corrected chi connectivity index (χ4v) is 8.29. The van der Waals surface area contributed by atoms with Crippen molar-refractivity contribution in [2.24, 2.45) is 0 Å². The van der Waals surface area contributed by atoms with Crippen LogP contribution in [0.3, 0.4) is 0 Å². The number of hydrogen-bond donors (Lipinski definition) is 0. The Hall–Kier alpha value is -7.56. The molecule has 0 aliphatic carbocycles. The molecule has 11 rings (SSSR count). The average molecular weight is 715 g/mol. The first-order valence-corrected chi connectivity index (χ1v) is 19.0. The van der Waals surface area contributed by atoms with Gasteiger partial charge in [0.05, 0.1) is 27.8 Å². The van der Waals surface area contributed by atoms with Crippen LogP contribution >= 0.6 is 0 Å². The number of benzene rings is 8. The smallest absolute Gasteiger partial charge is 0.162 e. The summed E-state index contributed by atoms with van der Waals surface area (Å²) in [5.41, 5.74) is 13.3. The molecule has 0 N–H and O–H groups in total. The van der Waals surface area contributed by atoms with Crippen molar-refractivity contribution in [1.29, 1.82) is 0 Å². The molecule has 0 aliphatic rings. The van der Waals surface area contributed by atoms with Crippen molar-refractivity contribution < 1.29 is 0 Å². The number of rotatable bonds is 6. The normalized spacial score (nSPS) is 11.6. The summed E-state index contributed by atoms with van der Waals surface area (Å²) in [5, 5.41) is 4.77. The molecule has 0 bridgehead atoms. The van der Waals surface area contributed by atoms with Crippen molar-refractivity contribution >= 4 is 43.6 Å². The third-order valence-corrected chi connectivity index (χ3v) is 10.9. The maximum atomic E-state index is 5.37. The summed E-state index contributed by atoms with van der Waals surface area (Å²) in [4.78, 5) is 10.6. The van der Waals surface area contributed by atoms with E-state index in [1.54, 1.807) is 0 Å². The molecule has 0 saturated heterocycles.